The Balaban J connectivity index is 2.62. The van der Waals surface area contributed by atoms with Gasteiger partial charge in [0.15, 0.2) is 6.23 Å². The zero-order valence-electron chi connectivity index (χ0n) is 11.6. The van der Waals surface area contributed by atoms with E-state index in [1.165, 1.54) is 0 Å². The molecule has 0 heterocycles. The fourth-order valence-electron chi connectivity index (χ4n) is 1.53. The molecule has 0 saturated carbocycles. The van der Waals surface area contributed by atoms with Crippen LogP contribution in [0.4, 0.5) is 0 Å². The summed E-state index contributed by atoms with van der Waals surface area (Å²) in [6.45, 7) is 4.38. The van der Waals surface area contributed by atoms with Crippen LogP contribution in [0.1, 0.15) is 26.7 Å². The summed E-state index contributed by atoms with van der Waals surface area (Å²) >= 11 is 0. The van der Waals surface area contributed by atoms with Gasteiger partial charge in [-0.15, -0.1) is 0 Å². The van der Waals surface area contributed by atoms with Gasteiger partial charge in [-0.2, -0.15) is 0 Å². The maximum Gasteiger partial charge on any atom is 0.160 e. The molecule has 1 rings (SSSR count). The van der Waals surface area contributed by atoms with Crippen LogP contribution in [0.15, 0.2) is 24.3 Å². The van der Waals surface area contributed by atoms with Crippen LogP contribution in [-0.4, -0.2) is 30.1 Å². The highest BCUT2D eigenvalue weighted by Gasteiger charge is 2.23. The molecule has 0 aliphatic heterocycles. The molecule has 0 spiro atoms. The lowest BCUT2D eigenvalue weighted by Gasteiger charge is -2.25. The molecule has 5 N–H and O–H groups in total. The summed E-state index contributed by atoms with van der Waals surface area (Å²) in [6, 6.07) is 7.15. The smallest absolute Gasteiger partial charge is 0.160 e. The molecule has 5 nitrogen and oxygen atoms in total. The monoisotopic (exact) mass is 268 g/mol. The standard InChI is InChI=1S/C14H24N2O3/c1-3-14(17,4-2)10-18-11-6-5-7-12(8-11)19-13(16)9-15/h5-8,13,17H,3-4,9-10,15-16H2,1-2H3/t13-/m0/s1. The van der Waals surface area contributed by atoms with Gasteiger partial charge in [0.25, 0.3) is 0 Å². The van der Waals surface area contributed by atoms with E-state index in [4.69, 9.17) is 20.9 Å². The lowest BCUT2D eigenvalue weighted by atomic mass is 9.99. The zero-order chi connectivity index (χ0) is 14.3. The average Bonchev–Trinajstić information content (AvgIpc) is 2.45. The van der Waals surface area contributed by atoms with Gasteiger partial charge >= 0.3 is 0 Å². The van der Waals surface area contributed by atoms with Crippen LogP contribution < -0.4 is 20.9 Å². The van der Waals surface area contributed by atoms with Gasteiger partial charge in [-0.3, -0.25) is 5.73 Å². The van der Waals surface area contributed by atoms with Crippen molar-refractivity contribution in [2.75, 3.05) is 13.2 Å². The van der Waals surface area contributed by atoms with Crippen LogP contribution in [-0.2, 0) is 0 Å². The summed E-state index contributed by atoms with van der Waals surface area (Å²) < 4.78 is 11.0. The van der Waals surface area contributed by atoms with Crippen molar-refractivity contribution in [3.8, 4) is 11.5 Å². The molecule has 0 saturated heterocycles. The summed E-state index contributed by atoms with van der Waals surface area (Å²) in [7, 11) is 0. The van der Waals surface area contributed by atoms with E-state index in [-0.39, 0.29) is 13.2 Å². The number of benzene rings is 1. The summed E-state index contributed by atoms with van der Waals surface area (Å²) in [4.78, 5) is 0. The predicted octanol–water partition coefficient (Wildman–Crippen LogP) is 1.24. The van der Waals surface area contributed by atoms with E-state index in [2.05, 4.69) is 0 Å². The van der Waals surface area contributed by atoms with Gasteiger partial charge in [-0.05, 0) is 25.0 Å². The molecule has 1 atom stereocenters. The van der Waals surface area contributed by atoms with E-state index in [0.29, 0.717) is 24.3 Å². The van der Waals surface area contributed by atoms with Gasteiger partial charge in [0.2, 0.25) is 0 Å². The van der Waals surface area contributed by atoms with Gasteiger partial charge in [-0.1, -0.05) is 19.9 Å². The molecule has 0 bridgehead atoms. The van der Waals surface area contributed by atoms with Crippen LogP contribution in [0.3, 0.4) is 0 Å². The first-order chi connectivity index (χ1) is 9.03. The Labute approximate surface area is 114 Å². The molecule has 1 aromatic carbocycles. The quantitative estimate of drug-likeness (QED) is 0.617. The molecule has 0 radical (unpaired) electrons. The van der Waals surface area contributed by atoms with Crippen molar-refractivity contribution in [2.45, 2.75) is 38.5 Å². The third-order valence-corrected chi connectivity index (χ3v) is 3.15. The van der Waals surface area contributed by atoms with Gasteiger partial charge in [0.1, 0.15) is 18.1 Å². The van der Waals surface area contributed by atoms with Crippen molar-refractivity contribution in [2.24, 2.45) is 11.5 Å². The van der Waals surface area contributed by atoms with Crippen molar-refractivity contribution in [3.05, 3.63) is 24.3 Å². The molecule has 0 fully saturated rings. The second-order valence-corrected chi connectivity index (χ2v) is 4.59. The van der Waals surface area contributed by atoms with Crippen molar-refractivity contribution >= 4 is 0 Å². The second kappa shape index (κ2) is 7.33. The Morgan fingerprint density at radius 1 is 1.26 bits per heavy atom. The number of aliphatic hydroxyl groups is 1. The number of hydrogen-bond donors (Lipinski definition) is 3. The SMILES string of the molecule is CCC(O)(CC)COc1cccc(O[C@H](N)CN)c1. The molecule has 19 heavy (non-hydrogen) atoms. The van der Waals surface area contributed by atoms with E-state index >= 15 is 0 Å². The summed E-state index contributed by atoms with van der Waals surface area (Å²) in [5, 5.41) is 10.2. The third-order valence-electron chi connectivity index (χ3n) is 3.15. The lowest BCUT2D eigenvalue weighted by molar-refractivity contribution is -0.0114. The Morgan fingerprint density at radius 3 is 2.47 bits per heavy atom. The number of ether oxygens (including phenoxy) is 2. The first-order valence-electron chi connectivity index (χ1n) is 6.60. The van der Waals surface area contributed by atoms with Gasteiger partial charge in [0, 0.05) is 12.6 Å². The Morgan fingerprint density at radius 2 is 1.89 bits per heavy atom. The first-order valence-corrected chi connectivity index (χ1v) is 6.60. The molecular formula is C14H24N2O3. The molecular weight excluding hydrogens is 244 g/mol. The Kier molecular flexibility index (Phi) is 6.08. The first kappa shape index (κ1) is 15.8. The minimum atomic E-state index is -0.787. The highest BCUT2D eigenvalue weighted by atomic mass is 16.5. The molecule has 0 amide bonds. The normalized spacial score (nSPS) is 13.1. The minimum absolute atomic E-state index is 0.247. The number of nitrogens with two attached hydrogens (primary N) is 2. The van der Waals surface area contributed by atoms with E-state index in [0.717, 1.165) is 0 Å². The van der Waals surface area contributed by atoms with Gasteiger partial charge < -0.3 is 20.3 Å². The average molecular weight is 268 g/mol. The molecule has 108 valence electrons. The van der Waals surface area contributed by atoms with E-state index < -0.39 is 11.8 Å². The number of rotatable bonds is 8. The minimum Gasteiger partial charge on any atom is -0.490 e. The molecule has 5 heteroatoms. The summed E-state index contributed by atoms with van der Waals surface area (Å²) in [6.07, 6.45) is 0.772. The summed E-state index contributed by atoms with van der Waals surface area (Å²) in [5.41, 5.74) is 10.2. The van der Waals surface area contributed by atoms with Crippen molar-refractivity contribution < 1.29 is 14.6 Å². The molecule has 0 aromatic heterocycles. The van der Waals surface area contributed by atoms with Crippen molar-refractivity contribution in [1.82, 2.24) is 0 Å². The van der Waals surface area contributed by atoms with E-state index in [1.54, 1.807) is 12.1 Å². The van der Waals surface area contributed by atoms with Crippen LogP contribution in [0.25, 0.3) is 0 Å². The molecule has 0 aliphatic carbocycles. The highest BCUT2D eigenvalue weighted by Crippen LogP contribution is 2.22. The fourth-order valence-corrected chi connectivity index (χ4v) is 1.53. The van der Waals surface area contributed by atoms with Gasteiger partial charge in [0.05, 0.1) is 5.60 Å². The maximum atomic E-state index is 10.2. The van der Waals surface area contributed by atoms with E-state index in [1.807, 2.05) is 26.0 Å². The van der Waals surface area contributed by atoms with Crippen LogP contribution in [0.5, 0.6) is 11.5 Å². The fraction of sp³-hybridized carbons (Fsp3) is 0.571. The van der Waals surface area contributed by atoms with Gasteiger partial charge in [-0.25, -0.2) is 0 Å². The molecule has 1 aromatic rings. The highest BCUT2D eigenvalue weighted by molar-refractivity contribution is 5.33. The van der Waals surface area contributed by atoms with Crippen LogP contribution in [0.2, 0.25) is 0 Å². The topological polar surface area (TPSA) is 90.7 Å². The van der Waals surface area contributed by atoms with Crippen LogP contribution >= 0.6 is 0 Å². The number of hydrogen-bond acceptors (Lipinski definition) is 5. The second-order valence-electron chi connectivity index (χ2n) is 4.59. The summed E-state index contributed by atoms with van der Waals surface area (Å²) in [5.74, 6) is 1.24. The lowest BCUT2D eigenvalue weighted by Crippen LogP contribution is -2.35. The molecule has 0 unspecified atom stereocenters. The Hall–Kier alpha value is -1.30. The van der Waals surface area contributed by atoms with E-state index in [9.17, 15) is 5.11 Å². The maximum absolute atomic E-state index is 10.2. The molecule has 0 aliphatic rings. The third kappa shape index (κ3) is 5.06. The largest absolute Gasteiger partial charge is 0.490 e. The zero-order valence-corrected chi connectivity index (χ0v) is 11.6. The van der Waals surface area contributed by atoms with Crippen molar-refractivity contribution in [3.63, 3.8) is 0 Å². The van der Waals surface area contributed by atoms with Crippen LogP contribution in [0, 0.1) is 0 Å². The predicted molar refractivity (Wildman–Crippen MR) is 75.1 cm³/mol. The Bertz CT molecular complexity index is 381. The van der Waals surface area contributed by atoms with Crippen molar-refractivity contribution in [1.29, 1.82) is 0 Å².